The monoisotopic (exact) mass is 300 g/mol. The Balaban J connectivity index is 0. The van der Waals surface area contributed by atoms with Crippen LogP contribution in [0.2, 0.25) is 0 Å². The normalized spacial score (nSPS) is 0. The first kappa shape index (κ1) is 92.6. The molecule has 7 heavy (non-hydrogen) atoms. The van der Waals surface area contributed by atoms with E-state index in [0.29, 0.717) is 0 Å². The molecular weight excluding hydrogens is 291 g/mol. The van der Waals surface area contributed by atoms with Crippen LogP contribution in [0.25, 0.3) is 0 Å². The van der Waals surface area contributed by atoms with Crippen LogP contribution in [0.15, 0.2) is 0 Å². The van der Waals surface area contributed by atoms with Gasteiger partial charge >= 0.3 is 45.5 Å². The van der Waals surface area contributed by atoms with Gasteiger partial charge in [0, 0.05) is 47.9 Å². The molecule has 0 fully saturated rings. The molecule has 0 bridgehead atoms. The zero-order valence-corrected chi connectivity index (χ0v) is 11.2. The number of hydrogen-bond donors (Lipinski definition) is 0. The van der Waals surface area contributed by atoms with Crippen LogP contribution in [0.4, 0.5) is 0 Å². The van der Waals surface area contributed by atoms with Crippen molar-refractivity contribution >= 4 is 45.5 Å². The molecule has 0 aromatic carbocycles. The van der Waals surface area contributed by atoms with Crippen molar-refractivity contribution in [3.63, 3.8) is 0 Å². The molecule has 0 heterocycles. The van der Waals surface area contributed by atoms with E-state index < -0.39 is 0 Å². The smallest absolute Gasteiger partial charge is 1.00 e. The molecule has 44 valence electrons. The van der Waals surface area contributed by atoms with Crippen LogP contribution in [0.1, 0.15) is 2.85 Å². The van der Waals surface area contributed by atoms with E-state index in [9.17, 15) is 0 Å². The van der Waals surface area contributed by atoms with Gasteiger partial charge in [0.15, 0.2) is 0 Å². The minimum Gasteiger partial charge on any atom is -1.00 e. The van der Waals surface area contributed by atoms with Gasteiger partial charge in [-0.3, -0.25) is 0 Å². The molecule has 0 saturated heterocycles. The summed E-state index contributed by atoms with van der Waals surface area (Å²) in [6.07, 6.45) is 0. The fraction of sp³-hybridized carbons (Fsp3) is 0. The van der Waals surface area contributed by atoms with Crippen LogP contribution < -0.4 is 0 Å². The molecule has 0 amide bonds. The minimum atomic E-state index is 0. The van der Waals surface area contributed by atoms with Crippen molar-refractivity contribution in [2.24, 2.45) is 0 Å². The van der Waals surface area contributed by atoms with E-state index in [1.54, 1.807) is 0 Å². The fourth-order valence-corrected chi connectivity index (χ4v) is 0. The van der Waals surface area contributed by atoms with Gasteiger partial charge in [-0.15, -0.1) is 0 Å². The van der Waals surface area contributed by atoms with Gasteiger partial charge in [-0.1, -0.05) is 0 Å². The molecule has 0 aliphatic carbocycles. The Morgan fingerprint density at radius 3 is 0.714 bits per heavy atom. The summed E-state index contributed by atoms with van der Waals surface area (Å²) in [4.78, 5) is 0. The summed E-state index contributed by atoms with van der Waals surface area (Å²) in [5.74, 6) is 0. The first-order valence-corrected chi connectivity index (χ1v) is 0. The zero-order valence-electron chi connectivity index (χ0n) is 5.71. The number of hydrogen-bond acceptors (Lipinski definition) is 0. The van der Waals surface area contributed by atoms with Crippen LogP contribution >= 0.6 is 0 Å². The predicted octanol–water partition coefficient (Wildman–Crippen LogP) is -3.46. The van der Waals surface area contributed by atoms with Crippen molar-refractivity contribution in [3.05, 3.63) is 0 Å². The second-order valence-electron chi connectivity index (χ2n) is 0. The molecule has 4 nitrogen and oxygen atoms in total. The average molecular weight is 301 g/mol. The molecule has 0 aromatic heterocycles. The van der Waals surface area contributed by atoms with Crippen molar-refractivity contribution in [3.8, 4) is 0 Å². The summed E-state index contributed by atoms with van der Waals surface area (Å²) < 4.78 is 0. The summed E-state index contributed by atoms with van der Waals surface area (Å²) in [6, 6.07) is 0. The molecular formula is H10O4SrTiZr. The molecule has 0 aliphatic heterocycles. The number of rotatable bonds is 0. The molecule has 0 saturated carbocycles. The van der Waals surface area contributed by atoms with Gasteiger partial charge < -0.3 is 24.8 Å². The second kappa shape index (κ2) is 65.7. The summed E-state index contributed by atoms with van der Waals surface area (Å²) in [6.45, 7) is 0. The van der Waals surface area contributed by atoms with Gasteiger partial charge in [-0.25, -0.2) is 0 Å². The Morgan fingerprint density at radius 1 is 0.714 bits per heavy atom. The Hall–Kier alpha value is 2.92. The molecule has 7 heteroatoms. The van der Waals surface area contributed by atoms with Gasteiger partial charge in [0.1, 0.15) is 0 Å². The van der Waals surface area contributed by atoms with E-state index in [4.69, 9.17) is 0 Å². The predicted molar refractivity (Wildman–Crippen MR) is 22.4 cm³/mol. The van der Waals surface area contributed by atoms with Crippen LogP contribution in [-0.4, -0.2) is 67.4 Å². The van der Waals surface area contributed by atoms with E-state index in [2.05, 4.69) is 0 Å². The van der Waals surface area contributed by atoms with Gasteiger partial charge in [-0.2, -0.15) is 0 Å². The second-order valence-corrected chi connectivity index (χ2v) is 0. The molecule has 0 spiro atoms. The third-order valence-electron chi connectivity index (χ3n) is 0. The maximum Gasteiger partial charge on any atom is 2.00 e. The molecule has 0 atom stereocenters. The minimum absolute atomic E-state index is 0. The van der Waals surface area contributed by atoms with Gasteiger partial charge in [0.05, 0.1) is 0 Å². The van der Waals surface area contributed by atoms with Gasteiger partial charge in [-0.05, 0) is 0 Å². The molecule has 8 N–H and O–H groups in total. The summed E-state index contributed by atoms with van der Waals surface area (Å²) >= 11 is 0. The van der Waals surface area contributed by atoms with Gasteiger partial charge in [0.2, 0.25) is 0 Å². The SMILES string of the molecule is O.O.O.O.[H-].[H-].[Sr+2].[Ti].[Zr]. The van der Waals surface area contributed by atoms with Crippen LogP contribution in [-0.2, 0) is 47.9 Å². The molecule has 0 unspecified atom stereocenters. The summed E-state index contributed by atoms with van der Waals surface area (Å²) in [5.41, 5.74) is 0. The van der Waals surface area contributed by atoms with Crippen molar-refractivity contribution in [2.45, 2.75) is 0 Å². The standard InChI is InChI=1S/4H2O.Sr.Ti.Zr.2H/h4*1H2;;;;;/q;;;;+2;;;2*-1. The van der Waals surface area contributed by atoms with E-state index >= 15 is 0 Å². The van der Waals surface area contributed by atoms with Crippen LogP contribution in [0, 0.1) is 0 Å². The fourth-order valence-electron chi connectivity index (χ4n) is 0. The summed E-state index contributed by atoms with van der Waals surface area (Å²) in [7, 11) is 0. The topological polar surface area (TPSA) is 126 Å². The van der Waals surface area contributed by atoms with Crippen molar-refractivity contribution in [1.82, 2.24) is 0 Å². The average Bonchev–Trinajstić information content (AvgIpc) is 0. The van der Waals surface area contributed by atoms with Crippen molar-refractivity contribution in [1.29, 1.82) is 0 Å². The first-order chi connectivity index (χ1) is 0. The Labute approximate surface area is 116 Å². The van der Waals surface area contributed by atoms with Gasteiger partial charge in [0.25, 0.3) is 0 Å². The van der Waals surface area contributed by atoms with E-state index in [1.165, 1.54) is 0 Å². The molecule has 0 aliphatic rings. The van der Waals surface area contributed by atoms with Crippen molar-refractivity contribution < 1.29 is 72.7 Å². The third-order valence-corrected chi connectivity index (χ3v) is 0. The summed E-state index contributed by atoms with van der Waals surface area (Å²) in [5, 5.41) is 0. The maximum absolute atomic E-state index is 0. The van der Waals surface area contributed by atoms with E-state index in [-0.39, 0.29) is 118 Å². The third kappa shape index (κ3) is 50.1. The molecule has 0 rings (SSSR count). The Morgan fingerprint density at radius 2 is 0.714 bits per heavy atom. The maximum atomic E-state index is 0. The molecule has 0 aromatic rings. The van der Waals surface area contributed by atoms with E-state index in [1.807, 2.05) is 0 Å². The quantitative estimate of drug-likeness (QED) is 0.412. The molecule has 0 radical (unpaired) electrons. The zero-order chi connectivity index (χ0) is 0. The Kier molecular flexibility index (Phi) is 869. The Bertz CT molecular complexity index is 18.5. The van der Waals surface area contributed by atoms with Crippen molar-refractivity contribution in [2.75, 3.05) is 0 Å². The van der Waals surface area contributed by atoms with E-state index in [0.717, 1.165) is 0 Å². The van der Waals surface area contributed by atoms with Crippen LogP contribution in [0.3, 0.4) is 0 Å². The first-order valence-electron chi connectivity index (χ1n) is 0. The largest absolute Gasteiger partial charge is 2.00 e. The van der Waals surface area contributed by atoms with Crippen LogP contribution in [0.5, 0.6) is 0 Å².